The van der Waals surface area contributed by atoms with E-state index >= 15 is 0 Å². The molecule has 1 aromatic rings. The molecule has 0 saturated carbocycles. The number of ketones is 1. The molecule has 1 aromatic carbocycles. The molecule has 3 heteroatoms. The molecule has 1 amide bonds. The Morgan fingerprint density at radius 3 is 2.47 bits per heavy atom. The van der Waals surface area contributed by atoms with Crippen molar-refractivity contribution in [2.24, 2.45) is 0 Å². The summed E-state index contributed by atoms with van der Waals surface area (Å²) < 4.78 is 0. The molecular formula is C14H15NO2. The maximum atomic E-state index is 11.7. The number of benzene rings is 1. The van der Waals surface area contributed by atoms with Crippen molar-refractivity contribution in [3.8, 4) is 0 Å². The Kier molecular flexibility index (Phi) is 2.46. The van der Waals surface area contributed by atoms with Gasteiger partial charge in [0.1, 0.15) is 0 Å². The molecule has 3 nitrogen and oxygen atoms in total. The van der Waals surface area contributed by atoms with Crippen molar-refractivity contribution in [1.82, 2.24) is 0 Å². The molecular weight excluding hydrogens is 214 g/mol. The number of carbonyl (C=O) groups excluding carboxylic acids is 2. The molecule has 1 aliphatic heterocycles. The van der Waals surface area contributed by atoms with Crippen LogP contribution in [-0.4, -0.2) is 18.2 Å². The summed E-state index contributed by atoms with van der Waals surface area (Å²) in [7, 11) is 0. The van der Waals surface area contributed by atoms with E-state index in [1.54, 1.807) is 4.90 Å². The van der Waals surface area contributed by atoms with Crippen molar-refractivity contribution in [2.45, 2.75) is 32.1 Å². The Morgan fingerprint density at radius 1 is 1.00 bits per heavy atom. The van der Waals surface area contributed by atoms with Gasteiger partial charge in [-0.2, -0.15) is 0 Å². The zero-order valence-corrected chi connectivity index (χ0v) is 9.74. The molecule has 2 aliphatic rings. The molecule has 0 bridgehead atoms. The first kappa shape index (κ1) is 10.5. The van der Waals surface area contributed by atoms with E-state index in [0.717, 1.165) is 18.5 Å². The molecule has 0 N–H and O–H groups in total. The summed E-state index contributed by atoms with van der Waals surface area (Å²) in [5.41, 5.74) is 3.64. The number of rotatable bonds is 1. The number of carbonyl (C=O) groups is 2. The van der Waals surface area contributed by atoms with Crippen molar-refractivity contribution < 1.29 is 9.59 Å². The minimum Gasteiger partial charge on any atom is -0.305 e. The van der Waals surface area contributed by atoms with E-state index in [4.69, 9.17) is 0 Å². The minimum absolute atomic E-state index is 0.0210. The molecule has 3 rings (SSSR count). The summed E-state index contributed by atoms with van der Waals surface area (Å²) in [6, 6.07) is 6.17. The van der Waals surface area contributed by atoms with Crippen molar-refractivity contribution >= 4 is 17.4 Å². The van der Waals surface area contributed by atoms with Crippen LogP contribution in [0.4, 0.5) is 5.69 Å². The van der Waals surface area contributed by atoms with Crippen LogP contribution in [0.2, 0.25) is 0 Å². The molecule has 0 radical (unpaired) electrons. The van der Waals surface area contributed by atoms with Gasteiger partial charge in [-0.05, 0) is 48.9 Å². The first-order valence-corrected chi connectivity index (χ1v) is 6.18. The zero-order valence-electron chi connectivity index (χ0n) is 9.74. The summed E-state index contributed by atoms with van der Waals surface area (Å²) in [6.07, 6.45) is 4.79. The highest BCUT2D eigenvalue weighted by Gasteiger charge is 2.28. The Hall–Kier alpha value is -1.64. The Bertz CT molecular complexity index is 493. The zero-order chi connectivity index (χ0) is 11.8. The van der Waals surface area contributed by atoms with E-state index in [9.17, 15) is 9.59 Å². The third-order valence-corrected chi connectivity index (χ3v) is 3.63. The van der Waals surface area contributed by atoms with E-state index in [0.29, 0.717) is 0 Å². The van der Waals surface area contributed by atoms with Crippen molar-refractivity contribution in [2.75, 3.05) is 11.4 Å². The molecule has 17 heavy (non-hydrogen) atoms. The van der Waals surface area contributed by atoms with Crippen molar-refractivity contribution in [3.05, 3.63) is 29.3 Å². The van der Waals surface area contributed by atoms with E-state index in [1.807, 2.05) is 6.07 Å². The Balaban J connectivity index is 1.93. The SMILES string of the molecule is O=C1CC(=O)N(c2ccc3c(c2)CCCC3)C1. The molecule has 0 aromatic heterocycles. The van der Waals surface area contributed by atoms with Crippen LogP contribution in [0, 0.1) is 0 Å². The van der Waals surface area contributed by atoms with Crippen LogP contribution in [0.3, 0.4) is 0 Å². The highest BCUT2D eigenvalue weighted by atomic mass is 16.2. The van der Waals surface area contributed by atoms with Gasteiger partial charge in [0.05, 0.1) is 13.0 Å². The number of Topliss-reactive ketones (excluding diaryl/α,β-unsaturated/α-hetero) is 1. The molecule has 0 unspecified atom stereocenters. The molecule has 1 heterocycles. The van der Waals surface area contributed by atoms with Gasteiger partial charge in [-0.3, -0.25) is 9.59 Å². The van der Waals surface area contributed by atoms with Gasteiger partial charge >= 0.3 is 0 Å². The Labute approximate surface area is 100 Å². The third-order valence-electron chi connectivity index (χ3n) is 3.63. The predicted octanol–water partition coefficient (Wildman–Crippen LogP) is 1.87. The van der Waals surface area contributed by atoms with Crippen molar-refractivity contribution in [1.29, 1.82) is 0 Å². The van der Waals surface area contributed by atoms with Gasteiger partial charge in [0.25, 0.3) is 0 Å². The maximum absolute atomic E-state index is 11.7. The van der Waals surface area contributed by atoms with Crippen LogP contribution in [0.15, 0.2) is 18.2 Å². The van der Waals surface area contributed by atoms with E-state index in [1.165, 1.54) is 24.0 Å². The Morgan fingerprint density at radius 2 is 1.76 bits per heavy atom. The minimum atomic E-state index is -0.0641. The summed E-state index contributed by atoms with van der Waals surface area (Å²) in [4.78, 5) is 24.5. The average molecular weight is 229 g/mol. The van der Waals surface area contributed by atoms with Crippen LogP contribution < -0.4 is 4.90 Å². The normalized spacial score (nSPS) is 19.6. The van der Waals surface area contributed by atoms with Crippen LogP contribution in [-0.2, 0) is 22.4 Å². The second-order valence-electron chi connectivity index (χ2n) is 4.86. The van der Waals surface area contributed by atoms with Gasteiger partial charge in [0, 0.05) is 5.69 Å². The van der Waals surface area contributed by atoms with E-state index < -0.39 is 0 Å². The lowest BCUT2D eigenvalue weighted by Gasteiger charge is -2.20. The highest BCUT2D eigenvalue weighted by Crippen LogP contribution is 2.27. The number of hydrogen-bond acceptors (Lipinski definition) is 2. The van der Waals surface area contributed by atoms with Gasteiger partial charge in [-0.15, -0.1) is 0 Å². The second kappa shape index (κ2) is 3.99. The monoisotopic (exact) mass is 229 g/mol. The van der Waals surface area contributed by atoms with Crippen LogP contribution in [0.5, 0.6) is 0 Å². The summed E-state index contributed by atoms with van der Waals surface area (Å²) >= 11 is 0. The fourth-order valence-corrected chi connectivity index (χ4v) is 2.71. The molecule has 1 aliphatic carbocycles. The number of nitrogens with zero attached hydrogens (tertiary/aromatic N) is 1. The third kappa shape index (κ3) is 1.86. The van der Waals surface area contributed by atoms with Gasteiger partial charge in [0.2, 0.25) is 5.91 Å². The molecule has 0 spiro atoms. The van der Waals surface area contributed by atoms with Crippen LogP contribution in [0.1, 0.15) is 30.4 Å². The van der Waals surface area contributed by atoms with Crippen molar-refractivity contribution in [3.63, 3.8) is 0 Å². The highest BCUT2D eigenvalue weighted by molar-refractivity contribution is 6.15. The second-order valence-corrected chi connectivity index (χ2v) is 4.86. The fraction of sp³-hybridized carbons (Fsp3) is 0.429. The first-order valence-electron chi connectivity index (χ1n) is 6.18. The topological polar surface area (TPSA) is 37.4 Å². The number of hydrogen-bond donors (Lipinski definition) is 0. The predicted molar refractivity (Wildman–Crippen MR) is 65.1 cm³/mol. The van der Waals surface area contributed by atoms with Gasteiger partial charge in [-0.25, -0.2) is 0 Å². The van der Waals surface area contributed by atoms with Crippen LogP contribution in [0.25, 0.3) is 0 Å². The van der Waals surface area contributed by atoms with Gasteiger partial charge in [0.15, 0.2) is 5.78 Å². The number of aryl methyl sites for hydroxylation is 2. The molecule has 1 fully saturated rings. The smallest absolute Gasteiger partial charge is 0.234 e. The standard InChI is InChI=1S/C14H15NO2/c16-13-8-14(17)15(9-13)12-6-5-10-3-1-2-4-11(10)7-12/h5-7H,1-4,8-9H2. The first-order chi connectivity index (χ1) is 8.24. The summed E-state index contributed by atoms with van der Waals surface area (Å²) in [5, 5.41) is 0. The largest absolute Gasteiger partial charge is 0.305 e. The lowest BCUT2D eigenvalue weighted by atomic mass is 9.91. The maximum Gasteiger partial charge on any atom is 0.234 e. The quantitative estimate of drug-likeness (QED) is 0.689. The lowest BCUT2D eigenvalue weighted by molar-refractivity contribution is -0.121. The molecule has 1 saturated heterocycles. The lowest BCUT2D eigenvalue weighted by Crippen LogP contribution is -2.24. The summed E-state index contributed by atoms with van der Waals surface area (Å²) in [6.45, 7) is 0.248. The van der Waals surface area contributed by atoms with Gasteiger partial charge in [-0.1, -0.05) is 6.07 Å². The number of anilines is 1. The number of fused-ring (bicyclic) bond motifs is 1. The number of amides is 1. The molecule has 0 atom stereocenters. The van der Waals surface area contributed by atoms with E-state index in [2.05, 4.69) is 12.1 Å². The summed E-state index contributed by atoms with van der Waals surface area (Å²) in [5.74, 6) is -0.0431. The molecule has 88 valence electrons. The van der Waals surface area contributed by atoms with Gasteiger partial charge < -0.3 is 4.90 Å². The fourth-order valence-electron chi connectivity index (χ4n) is 2.71. The van der Waals surface area contributed by atoms with Crippen LogP contribution >= 0.6 is 0 Å². The van der Waals surface area contributed by atoms with E-state index in [-0.39, 0.29) is 24.7 Å². The average Bonchev–Trinajstić information content (AvgIpc) is 2.68.